The van der Waals surface area contributed by atoms with Gasteiger partial charge in [-0.05, 0) is 42.9 Å². The number of hydrogen-bond acceptors (Lipinski definition) is 1. The predicted octanol–water partition coefficient (Wildman–Crippen LogP) is 4.52. The first kappa shape index (κ1) is 14.5. The maximum absolute atomic E-state index is 11.9. The number of carbonyl (C=O) groups excluding carboxylic acids is 1. The molecule has 0 aliphatic rings. The third-order valence-electron chi connectivity index (χ3n) is 3.70. The van der Waals surface area contributed by atoms with Crippen LogP contribution in [0.3, 0.4) is 0 Å². The maximum atomic E-state index is 11.9. The summed E-state index contributed by atoms with van der Waals surface area (Å²) in [5, 5.41) is 0. The van der Waals surface area contributed by atoms with E-state index in [1.54, 1.807) is 0 Å². The minimum absolute atomic E-state index is 0.379. The molecule has 2 aromatic carbocycles. The molecule has 0 bridgehead atoms. The summed E-state index contributed by atoms with van der Waals surface area (Å²) in [5.41, 5.74) is 3.90. The van der Waals surface area contributed by atoms with E-state index in [-0.39, 0.29) is 0 Å². The van der Waals surface area contributed by atoms with Crippen LogP contribution in [0.25, 0.3) is 0 Å². The number of Topliss-reactive ketones (excluding diaryl/α,β-unsaturated/α-hetero) is 1. The average Bonchev–Trinajstić information content (AvgIpc) is 2.47. The van der Waals surface area contributed by atoms with Crippen LogP contribution in [0.15, 0.2) is 54.6 Å². The van der Waals surface area contributed by atoms with Crippen molar-refractivity contribution in [3.05, 3.63) is 71.3 Å². The molecule has 20 heavy (non-hydrogen) atoms. The molecule has 0 atom stereocenters. The quantitative estimate of drug-likeness (QED) is 0.720. The lowest BCUT2D eigenvalue weighted by molar-refractivity contribution is -0.119. The number of carbonyl (C=O) groups is 1. The SMILES string of the molecule is Cc1ccccc1CCC(=O)CCCc1ccccc1. The fraction of sp³-hybridized carbons (Fsp3) is 0.316. The number of hydrogen-bond donors (Lipinski definition) is 0. The van der Waals surface area contributed by atoms with Crippen molar-refractivity contribution in [3.8, 4) is 0 Å². The molecule has 0 aliphatic heterocycles. The molecule has 0 saturated heterocycles. The molecule has 1 nitrogen and oxygen atoms in total. The average molecular weight is 266 g/mol. The van der Waals surface area contributed by atoms with Gasteiger partial charge in [-0.15, -0.1) is 0 Å². The molecule has 0 aliphatic carbocycles. The van der Waals surface area contributed by atoms with Gasteiger partial charge in [-0.25, -0.2) is 0 Å². The first-order valence-corrected chi connectivity index (χ1v) is 7.36. The van der Waals surface area contributed by atoms with E-state index < -0.39 is 0 Å². The third kappa shape index (κ3) is 4.65. The van der Waals surface area contributed by atoms with Crippen molar-refractivity contribution in [2.24, 2.45) is 0 Å². The van der Waals surface area contributed by atoms with Gasteiger partial charge < -0.3 is 0 Å². The van der Waals surface area contributed by atoms with E-state index in [9.17, 15) is 4.79 Å². The number of benzene rings is 2. The monoisotopic (exact) mass is 266 g/mol. The molecule has 2 rings (SSSR count). The van der Waals surface area contributed by atoms with E-state index >= 15 is 0 Å². The van der Waals surface area contributed by atoms with Crippen LogP contribution in [0, 0.1) is 6.92 Å². The van der Waals surface area contributed by atoms with Gasteiger partial charge in [0.1, 0.15) is 5.78 Å². The van der Waals surface area contributed by atoms with E-state index in [0.29, 0.717) is 18.6 Å². The highest BCUT2D eigenvalue weighted by atomic mass is 16.1. The summed E-state index contributed by atoms with van der Waals surface area (Å²) < 4.78 is 0. The molecule has 104 valence electrons. The van der Waals surface area contributed by atoms with Crippen molar-refractivity contribution in [3.63, 3.8) is 0 Å². The van der Waals surface area contributed by atoms with E-state index in [4.69, 9.17) is 0 Å². The number of aryl methyl sites for hydroxylation is 3. The lowest BCUT2D eigenvalue weighted by Gasteiger charge is -2.05. The molecule has 0 fully saturated rings. The Labute approximate surface area is 121 Å². The third-order valence-corrected chi connectivity index (χ3v) is 3.70. The molecular formula is C19H22O. The molecule has 1 heteroatoms. The Kier molecular flexibility index (Phi) is 5.55. The normalized spacial score (nSPS) is 10.4. The summed E-state index contributed by atoms with van der Waals surface area (Å²) in [5.74, 6) is 0.379. The van der Waals surface area contributed by atoms with Gasteiger partial charge in [-0.3, -0.25) is 4.79 Å². The summed E-state index contributed by atoms with van der Waals surface area (Å²) in [6.07, 6.45) is 4.19. The molecule has 0 spiro atoms. The second kappa shape index (κ2) is 7.64. The lowest BCUT2D eigenvalue weighted by Crippen LogP contribution is -2.02. The van der Waals surface area contributed by atoms with Gasteiger partial charge in [-0.2, -0.15) is 0 Å². The first-order chi connectivity index (χ1) is 9.75. The van der Waals surface area contributed by atoms with Crippen molar-refractivity contribution in [1.82, 2.24) is 0 Å². The molecule has 0 heterocycles. The highest BCUT2D eigenvalue weighted by Gasteiger charge is 2.04. The van der Waals surface area contributed by atoms with Gasteiger partial charge in [0.05, 0.1) is 0 Å². The van der Waals surface area contributed by atoms with Crippen molar-refractivity contribution in [1.29, 1.82) is 0 Å². The topological polar surface area (TPSA) is 17.1 Å². The second-order valence-corrected chi connectivity index (χ2v) is 5.30. The second-order valence-electron chi connectivity index (χ2n) is 5.30. The van der Waals surface area contributed by atoms with E-state index in [2.05, 4.69) is 43.3 Å². The summed E-state index contributed by atoms with van der Waals surface area (Å²) in [7, 11) is 0. The molecule has 2 aromatic rings. The van der Waals surface area contributed by atoms with Crippen LogP contribution in [0.4, 0.5) is 0 Å². The molecule has 0 saturated carbocycles. The van der Waals surface area contributed by atoms with Crippen LogP contribution in [-0.2, 0) is 17.6 Å². The maximum Gasteiger partial charge on any atom is 0.133 e. The lowest BCUT2D eigenvalue weighted by atomic mass is 10.00. The molecule has 0 radical (unpaired) electrons. The Morgan fingerprint density at radius 3 is 2.30 bits per heavy atom. The summed E-state index contributed by atoms with van der Waals surface area (Å²) in [4.78, 5) is 11.9. The van der Waals surface area contributed by atoms with E-state index in [1.807, 2.05) is 18.2 Å². The Morgan fingerprint density at radius 1 is 0.850 bits per heavy atom. The fourth-order valence-corrected chi connectivity index (χ4v) is 2.42. The molecular weight excluding hydrogens is 244 g/mol. The predicted molar refractivity (Wildman–Crippen MR) is 83.9 cm³/mol. The fourth-order valence-electron chi connectivity index (χ4n) is 2.42. The highest BCUT2D eigenvalue weighted by Crippen LogP contribution is 2.11. The summed E-state index contributed by atoms with van der Waals surface area (Å²) >= 11 is 0. The molecule has 0 unspecified atom stereocenters. The van der Waals surface area contributed by atoms with Crippen LogP contribution in [0.2, 0.25) is 0 Å². The molecule has 0 N–H and O–H groups in total. The zero-order valence-electron chi connectivity index (χ0n) is 12.1. The zero-order chi connectivity index (χ0) is 14.2. The van der Waals surface area contributed by atoms with Crippen LogP contribution in [-0.4, -0.2) is 5.78 Å². The van der Waals surface area contributed by atoms with Crippen molar-refractivity contribution < 1.29 is 4.79 Å². The van der Waals surface area contributed by atoms with Crippen LogP contribution >= 0.6 is 0 Å². The van der Waals surface area contributed by atoms with Crippen molar-refractivity contribution in [2.75, 3.05) is 0 Å². The van der Waals surface area contributed by atoms with Crippen LogP contribution < -0.4 is 0 Å². The highest BCUT2D eigenvalue weighted by molar-refractivity contribution is 5.78. The Morgan fingerprint density at radius 2 is 1.55 bits per heavy atom. The molecule has 0 aromatic heterocycles. The van der Waals surface area contributed by atoms with Crippen molar-refractivity contribution in [2.45, 2.75) is 39.0 Å². The summed E-state index contributed by atoms with van der Waals surface area (Å²) in [6, 6.07) is 18.7. The molecule has 0 amide bonds. The summed E-state index contributed by atoms with van der Waals surface area (Å²) in [6.45, 7) is 2.11. The van der Waals surface area contributed by atoms with Gasteiger partial charge in [0, 0.05) is 12.8 Å². The standard InChI is InChI=1S/C19H22O/c1-16-8-5-6-12-18(16)14-15-19(20)13-7-11-17-9-3-2-4-10-17/h2-6,8-10,12H,7,11,13-15H2,1H3. The van der Waals surface area contributed by atoms with E-state index in [0.717, 1.165) is 19.3 Å². The van der Waals surface area contributed by atoms with Gasteiger partial charge in [0.15, 0.2) is 0 Å². The van der Waals surface area contributed by atoms with Gasteiger partial charge in [0.25, 0.3) is 0 Å². The first-order valence-electron chi connectivity index (χ1n) is 7.36. The van der Waals surface area contributed by atoms with Crippen molar-refractivity contribution >= 4 is 5.78 Å². The largest absolute Gasteiger partial charge is 0.300 e. The van der Waals surface area contributed by atoms with Gasteiger partial charge in [-0.1, -0.05) is 54.6 Å². The van der Waals surface area contributed by atoms with Gasteiger partial charge >= 0.3 is 0 Å². The smallest absolute Gasteiger partial charge is 0.133 e. The minimum atomic E-state index is 0.379. The minimum Gasteiger partial charge on any atom is -0.300 e. The van der Waals surface area contributed by atoms with E-state index in [1.165, 1.54) is 16.7 Å². The van der Waals surface area contributed by atoms with Crippen LogP contribution in [0.5, 0.6) is 0 Å². The van der Waals surface area contributed by atoms with Crippen LogP contribution in [0.1, 0.15) is 36.0 Å². The Bertz CT molecular complexity index is 543. The van der Waals surface area contributed by atoms with Gasteiger partial charge in [0.2, 0.25) is 0 Å². The Hall–Kier alpha value is -1.89. The Balaban J connectivity index is 1.70. The zero-order valence-corrected chi connectivity index (χ0v) is 12.1. The number of ketones is 1. The number of rotatable bonds is 7.